The third-order valence-electron chi connectivity index (χ3n) is 3.95. The summed E-state index contributed by atoms with van der Waals surface area (Å²) < 4.78 is 13.0. The SMILES string of the molecule is CC(C)(C)OC(=O)N1CC(c2cncn2C2CCOC2)C1. The van der Waals surface area contributed by atoms with E-state index in [1.54, 1.807) is 4.90 Å². The van der Waals surface area contributed by atoms with Crippen molar-refractivity contribution >= 4 is 6.09 Å². The van der Waals surface area contributed by atoms with Crippen molar-refractivity contribution in [1.29, 1.82) is 0 Å². The molecule has 2 aliphatic rings. The molecule has 1 atom stereocenters. The number of hydrogen-bond acceptors (Lipinski definition) is 4. The predicted molar refractivity (Wildman–Crippen MR) is 77.2 cm³/mol. The number of aromatic nitrogens is 2. The second-order valence-corrected chi connectivity index (χ2v) is 6.83. The summed E-state index contributed by atoms with van der Waals surface area (Å²) in [5.41, 5.74) is 0.760. The van der Waals surface area contributed by atoms with Crippen LogP contribution in [0, 0.1) is 0 Å². The number of nitrogens with zero attached hydrogens (tertiary/aromatic N) is 3. The fourth-order valence-corrected chi connectivity index (χ4v) is 2.82. The minimum absolute atomic E-state index is 0.228. The summed E-state index contributed by atoms with van der Waals surface area (Å²) >= 11 is 0. The van der Waals surface area contributed by atoms with Crippen molar-refractivity contribution in [2.24, 2.45) is 0 Å². The minimum Gasteiger partial charge on any atom is -0.444 e. The van der Waals surface area contributed by atoms with Gasteiger partial charge in [0.25, 0.3) is 0 Å². The van der Waals surface area contributed by atoms with Gasteiger partial charge >= 0.3 is 6.09 Å². The Morgan fingerprint density at radius 3 is 2.81 bits per heavy atom. The van der Waals surface area contributed by atoms with E-state index in [-0.39, 0.29) is 6.09 Å². The molecular weight excluding hydrogens is 270 g/mol. The van der Waals surface area contributed by atoms with Crippen LogP contribution in [-0.2, 0) is 9.47 Å². The molecule has 2 fully saturated rings. The lowest BCUT2D eigenvalue weighted by Crippen LogP contribution is -2.50. The smallest absolute Gasteiger partial charge is 0.410 e. The molecule has 1 aromatic heterocycles. The van der Waals surface area contributed by atoms with Crippen LogP contribution in [0.5, 0.6) is 0 Å². The second kappa shape index (κ2) is 5.33. The van der Waals surface area contributed by atoms with Gasteiger partial charge in [-0.15, -0.1) is 0 Å². The lowest BCUT2D eigenvalue weighted by Gasteiger charge is -2.40. The number of carbonyl (C=O) groups is 1. The van der Waals surface area contributed by atoms with E-state index in [4.69, 9.17) is 9.47 Å². The molecule has 0 aromatic carbocycles. The normalized spacial score (nSPS) is 23.2. The van der Waals surface area contributed by atoms with E-state index in [0.29, 0.717) is 25.0 Å². The quantitative estimate of drug-likeness (QED) is 0.838. The molecule has 1 aromatic rings. The van der Waals surface area contributed by atoms with Crippen LogP contribution in [0.4, 0.5) is 4.79 Å². The Kier molecular flexibility index (Phi) is 3.65. The van der Waals surface area contributed by atoms with Crippen LogP contribution in [0.3, 0.4) is 0 Å². The number of rotatable bonds is 2. The minimum atomic E-state index is -0.439. The van der Waals surface area contributed by atoms with Gasteiger partial charge in [0, 0.05) is 37.5 Å². The standard InChI is InChI=1S/C15H23N3O3/c1-15(2,3)21-14(19)17-7-11(8-17)13-6-16-10-18(13)12-4-5-20-9-12/h6,10-12H,4-5,7-9H2,1-3H3. The lowest BCUT2D eigenvalue weighted by atomic mass is 9.96. The zero-order chi connectivity index (χ0) is 15.0. The van der Waals surface area contributed by atoms with Gasteiger partial charge in [0.2, 0.25) is 0 Å². The van der Waals surface area contributed by atoms with Crippen molar-refractivity contribution in [1.82, 2.24) is 14.5 Å². The fraction of sp³-hybridized carbons (Fsp3) is 0.733. The van der Waals surface area contributed by atoms with Gasteiger partial charge in [-0.3, -0.25) is 0 Å². The summed E-state index contributed by atoms with van der Waals surface area (Å²) in [6.45, 7) is 8.64. The molecule has 3 rings (SSSR count). The first-order chi connectivity index (χ1) is 9.94. The van der Waals surface area contributed by atoms with E-state index in [9.17, 15) is 4.79 Å². The van der Waals surface area contributed by atoms with Crippen molar-refractivity contribution in [3.63, 3.8) is 0 Å². The van der Waals surface area contributed by atoms with Crippen LogP contribution in [0.1, 0.15) is 44.8 Å². The molecule has 3 heterocycles. The Morgan fingerprint density at radius 2 is 2.19 bits per heavy atom. The Balaban J connectivity index is 1.59. The third-order valence-corrected chi connectivity index (χ3v) is 3.95. The number of hydrogen-bond donors (Lipinski definition) is 0. The Hall–Kier alpha value is -1.56. The largest absolute Gasteiger partial charge is 0.444 e. The van der Waals surface area contributed by atoms with E-state index in [1.165, 1.54) is 5.69 Å². The maximum Gasteiger partial charge on any atom is 0.410 e. The Bertz CT molecular complexity index is 508. The van der Waals surface area contributed by atoms with Crippen LogP contribution in [0.25, 0.3) is 0 Å². The van der Waals surface area contributed by atoms with Crippen molar-refractivity contribution in [2.45, 2.75) is 44.8 Å². The molecule has 0 aliphatic carbocycles. The van der Waals surface area contributed by atoms with Crippen LogP contribution in [0.2, 0.25) is 0 Å². The highest BCUT2D eigenvalue weighted by Gasteiger charge is 2.37. The number of carbonyl (C=O) groups excluding carboxylic acids is 1. The summed E-state index contributed by atoms with van der Waals surface area (Å²) in [5, 5.41) is 0. The van der Waals surface area contributed by atoms with Gasteiger partial charge in [0.15, 0.2) is 0 Å². The molecule has 0 radical (unpaired) electrons. The molecule has 1 unspecified atom stereocenters. The monoisotopic (exact) mass is 293 g/mol. The molecular formula is C15H23N3O3. The second-order valence-electron chi connectivity index (χ2n) is 6.83. The first-order valence-electron chi connectivity index (χ1n) is 7.51. The van der Waals surface area contributed by atoms with E-state index >= 15 is 0 Å². The van der Waals surface area contributed by atoms with Crippen LogP contribution >= 0.6 is 0 Å². The van der Waals surface area contributed by atoms with Crippen molar-refractivity contribution in [3.05, 3.63) is 18.2 Å². The summed E-state index contributed by atoms with van der Waals surface area (Å²) in [7, 11) is 0. The predicted octanol–water partition coefficient (Wildman–Crippen LogP) is 2.18. The topological polar surface area (TPSA) is 56.6 Å². The summed E-state index contributed by atoms with van der Waals surface area (Å²) in [5.74, 6) is 0.348. The molecule has 0 bridgehead atoms. The number of likely N-dealkylation sites (tertiary alicyclic amines) is 1. The van der Waals surface area contributed by atoms with Crippen LogP contribution in [0.15, 0.2) is 12.5 Å². The summed E-state index contributed by atoms with van der Waals surface area (Å²) in [4.78, 5) is 18.0. The van der Waals surface area contributed by atoms with Gasteiger partial charge in [0.1, 0.15) is 5.60 Å². The van der Waals surface area contributed by atoms with E-state index in [0.717, 1.165) is 19.6 Å². The fourth-order valence-electron chi connectivity index (χ4n) is 2.82. The average molecular weight is 293 g/mol. The molecule has 2 aliphatic heterocycles. The number of ether oxygens (including phenoxy) is 2. The Labute approximate surface area is 125 Å². The maximum atomic E-state index is 12.0. The van der Waals surface area contributed by atoms with Crippen molar-refractivity contribution in [2.75, 3.05) is 26.3 Å². The molecule has 2 saturated heterocycles. The van der Waals surface area contributed by atoms with E-state index in [1.807, 2.05) is 33.3 Å². The van der Waals surface area contributed by atoms with Gasteiger partial charge < -0.3 is 18.9 Å². The van der Waals surface area contributed by atoms with Gasteiger partial charge in [-0.1, -0.05) is 0 Å². The lowest BCUT2D eigenvalue weighted by molar-refractivity contribution is 0.00746. The summed E-state index contributed by atoms with van der Waals surface area (Å²) in [6, 6.07) is 0.387. The number of imidazole rings is 1. The molecule has 6 heteroatoms. The van der Waals surface area contributed by atoms with Gasteiger partial charge in [-0.2, -0.15) is 0 Å². The first-order valence-corrected chi connectivity index (χ1v) is 7.51. The first kappa shape index (κ1) is 14.4. The Morgan fingerprint density at radius 1 is 1.43 bits per heavy atom. The third kappa shape index (κ3) is 3.05. The highest BCUT2D eigenvalue weighted by Crippen LogP contribution is 2.31. The molecule has 0 spiro atoms. The molecule has 21 heavy (non-hydrogen) atoms. The van der Waals surface area contributed by atoms with Crippen LogP contribution < -0.4 is 0 Å². The van der Waals surface area contributed by atoms with Crippen molar-refractivity contribution < 1.29 is 14.3 Å². The van der Waals surface area contributed by atoms with E-state index in [2.05, 4.69) is 9.55 Å². The zero-order valence-electron chi connectivity index (χ0n) is 12.9. The molecule has 0 N–H and O–H groups in total. The van der Waals surface area contributed by atoms with Crippen molar-refractivity contribution in [3.8, 4) is 0 Å². The highest BCUT2D eigenvalue weighted by atomic mass is 16.6. The van der Waals surface area contributed by atoms with E-state index < -0.39 is 5.60 Å². The highest BCUT2D eigenvalue weighted by molar-refractivity contribution is 5.69. The average Bonchev–Trinajstić information content (AvgIpc) is 2.92. The summed E-state index contributed by atoms with van der Waals surface area (Å²) in [6.07, 6.45) is 4.60. The van der Waals surface area contributed by atoms with Crippen LogP contribution in [-0.4, -0.2) is 52.4 Å². The molecule has 116 valence electrons. The maximum absolute atomic E-state index is 12.0. The van der Waals surface area contributed by atoms with Gasteiger partial charge in [-0.05, 0) is 27.2 Å². The van der Waals surface area contributed by atoms with Gasteiger partial charge in [0.05, 0.1) is 19.0 Å². The molecule has 1 amide bonds. The molecule has 6 nitrogen and oxygen atoms in total. The number of amides is 1. The zero-order valence-corrected chi connectivity index (χ0v) is 12.9. The molecule has 0 saturated carbocycles. The van der Waals surface area contributed by atoms with Gasteiger partial charge in [-0.25, -0.2) is 9.78 Å².